The van der Waals surface area contributed by atoms with Gasteiger partial charge in [0.1, 0.15) is 11.6 Å². The molecule has 0 saturated heterocycles. The van der Waals surface area contributed by atoms with E-state index in [0.717, 1.165) is 66.8 Å². The predicted octanol–water partition coefficient (Wildman–Crippen LogP) is 13.6. The van der Waals surface area contributed by atoms with Gasteiger partial charge in [0.15, 0.2) is 0 Å². The summed E-state index contributed by atoms with van der Waals surface area (Å²) < 4.78 is 35.8. The summed E-state index contributed by atoms with van der Waals surface area (Å²) in [6.07, 6.45) is 1.83. The summed E-state index contributed by atoms with van der Waals surface area (Å²) in [4.78, 5) is 10.2. The SMILES string of the molecule is [2H]C([2H])([2H])c1cc(-c2ccccc2)cc(-n2c(-c3ccccc3O)nc3c(-c4cc(-c5ccccc5)cc(-c5cc(-c6ccc(C([2H])(C)C)cc6)ccn5)c4)cccc32)c1. The van der Waals surface area contributed by atoms with Gasteiger partial charge in [-0.15, -0.1) is 0 Å². The molecule has 1 N–H and O–H groups in total. The van der Waals surface area contributed by atoms with Gasteiger partial charge in [-0.2, -0.15) is 0 Å². The number of aromatic nitrogens is 3. The Morgan fingerprint density at radius 2 is 1.20 bits per heavy atom. The van der Waals surface area contributed by atoms with E-state index in [1.807, 2.05) is 122 Å². The summed E-state index contributed by atoms with van der Waals surface area (Å²) >= 11 is 0. The topological polar surface area (TPSA) is 50.9 Å². The zero-order valence-corrected chi connectivity index (χ0v) is 31.1. The summed E-state index contributed by atoms with van der Waals surface area (Å²) in [6.45, 7) is 1.40. The van der Waals surface area contributed by atoms with Crippen LogP contribution in [-0.2, 0) is 0 Å². The van der Waals surface area contributed by atoms with Crippen LogP contribution in [0, 0.1) is 6.85 Å². The van der Waals surface area contributed by atoms with Crippen LogP contribution in [0.1, 0.15) is 36.4 Å². The van der Waals surface area contributed by atoms with Crippen LogP contribution in [-0.4, -0.2) is 19.6 Å². The van der Waals surface area contributed by atoms with E-state index in [0.29, 0.717) is 22.6 Å². The molecular formula is C52H41N3O. The first-order valence-electron chi connectivity index (χ1n) is 20.7. The van der Waals surface area contributed by atoms with Crippen LogP contribution < -0.4 is 0 Å². The number of aryl methyl sites for hydroxylation is 1. The van der Waals surface area contributed by atoms with Crippen molar-refractivity contribution in [2.24, 2.45) is 0 Å². The highest BCUT2D eigenvalue weighted by Gasteiger charge is 2.21. The van der Waals surface area contributed by atoms with Gasteiger partial charge >= 0.3 is 0 Å². The average Bonchev–Trinajstić information content (AvgIpc) is 3.66. The predicted molar refractivity (Wildman–Crippen MR) is 232 cm³/mol. The number of benzene rings is 7. The van der Waals surface area contributed by atoms with E-state index in [-0.39, 0.29) is 11.3 Å². The van der Waals surface area contributed by atoms with E-state index in [2.05, 4.69) is 54.6 Å². The van der Waals surface area contributed by atoms with Crippen LogP contribution in [0.3, 0.4) is 0 Å². The summed E-state index contributed by atoms with van der Waals surface area (Å²) in [7, 11) is 0. The third-order valence-electron chi connectivity index (χ3n) is 10.3. The van der Waals surface area contributed by atoms with Gasteiger partial charge in [-0.3, -0.25) is 9.55 Å². The van der Waals surface area contributed by atoms with Crippen LogP contribution in [0.4, 0.5) is 0 Å². The van der Waals surface area contributed by atoms with Gasteiger partial charge in [-0.25, -0.2) is 4.98 Å². The van der Waals surface area contributed by atoms with E-state index < -0.39 is 12.7 Å². The summed E-state index contributed by atoms with van der Waals surface area (Å²) in [5.41, 5.74) is 13.0. The second-order valence-corrected chi connectivity index (χ2v) is 14.3. The number of phenols is 1. The van der Waals surface area contributed by atoms with Crippen molar-refractivity contribution < 1.29 is 10.6 Å². The molecule has 0 saturated carbocycles. The molecule has 0 fully saturated rings. The number of nitrogens with zero attached hydrogens (tertiary/aromatic N) is 3. The lowest BCUT2D eigenvalue weighted by Gasteiger charge is -2.14. The lowest BCUT2D eigenvalue weighted by atomic mass is 9.93. The van der Waals surface area contributed by atoms with Crippen LogP contribution in [0.25, 0.3) is 83.9 Å². The quantitative estimate of drug-likeness (QED) is 0.170. The molecule has 2 aromatic heterocycles. The second kappa shape index (κ2) is 14.7. The zero-order valence-electron chi connectivity index (χ0n) is 35.1. The number of aromatic hydroxyl groups is 1. The van der Waals surface area contributed by atoms with Crippen molar-refractivity contribution in [3.05, 3.63) is 193 Å². The normalized spacial score (nSPS) is 12.8. The molecule has 0 atom stereocenters. The lowest BCUT2D eigenvalue weighted by molar-refractivity contribution is 0.477. The van der Waals surface area contributed by atoms with Crippen molar-refractivity contribution in [2.75, 3.05) is 0 Å². The molecule has 9 rings (SSSR count). The number of imidazole rings is 1. The average molecular weight is 728 g/mol. The Hall–Kier alpha value is -7.04. The minimum Gasteiger partial charge on any atom is -0.507 e. The van der Waals surface area contributed by atoms with Gasteiger partial charge < -0.3 is 5.11 Å². The van der Waals surface area contributed by atoms with Crippen molar-refractivity contribution in [1.29, 1.82) is 0 Å². The molecule has 9 aromatic rings. The highest BCUT2D eigenvalue weighted by atomic mass is 16.3. The zero-order chi connectivity index (χ0) is 41.6. The van der Waals surface area contributed by atoms with Gasteiger partial charge in [0, 0.05) is 28.5 Å². The number of pyridine rings is 1. The monoisotopic (exact) mass is 727 g/mol. The van der Waals surface area contributed by atoms with Gasteiger partial charge in [0.25, 0.3) is 0 Å². The fraction of sp³-hybridized carbons (Fsp3) is 0.0769. The molecule has 0 radical (unpaired) electrons. The maximum Gasteiger partial charge on any atom is 0.149 e. The standard InChI is InChI=1S/C52H41N3O/c1-34(2)36-21-23-39(24-22-36)40-25-26-53-48(33-40)44-30-42(38-15-8-5-9-16-38)29-43(31-44)46-18-12-19-49-51(46)54-52(47-17-10-11-20-50(47)56)55(49)45-28-35(3)27-41(32-45)37-13-6-4-7-14-37/h4-34,56H,1-3H3/i3D3,34D. The maximum atomic E-state index is 11.3. The smallest absolute Gasteiger partial charge is 0.149 e. The minimum absolute atomic E-state index is 0.0585. The number of phenolic OH excluding ortho intramolecular Hbond substituents is 1. The van der Waals surface area contributed by atoms with E-state index in [4.69, 9.17) is 15.5 Å². The van der Waals surface area contributed by atoms with Crippen molar-refractivity contribution in [3.8, 4) is 78.6 Å². The molecule has 0 bridgehead atoms. The third kappa shape index (κ3) is 6.67. The molecule has 4 nitrogen and oxygen atoms in total. The maximum absolute atomic E-state index is 11.3. The molecule has 7 aromatic carbocycles. The molecular weight excluding hydrogens is 683 g/mol. The van der Waals surface area contributed by atoms with Crippen molar-refractivity contribution in [3.63, 3.8) is 0 Å². The number of fused-ring (bicyclic) bond motifs is 1. The first kappa shape index (κ1) is 30.3. The number of para-hydroxylation sites is 2. The molecule has 0 aliphatic rings. The molecule has 0 spiro atoms. The fourth-order valence-electron chi connectivity index (χ4n) is 7.47. The molecule has 0 aliphatic heterocycles. The highest BCUT2D eigenvalue weighted by molar-refractivity contribution is 5.97. The number of rotatable bonds is 8. The summed E-state index contributed by atoms with van der Waals surface area (Å²) in [5, 5.41) is 11.3. The Kier molecular flexibility index (Phi) is 7.93. The first-order valence-corrected chi connectivity index (χ1v) is 18.7. The van der Waals surface area contributed by atoms with E-state index in [1.54, 1.807) is 24.3 Å². The summed E-state index contributed by atoms with van der Waals surface area (Å²) in [5.74, 6) is -0.154. The summed E-state index contributed by atoms with van der Waals surface area (Å²) in [6, 6.07) is 57.2. The Morgan fingerprint density at radius 3 is 1.91 bits per heavy atom. The van der Waals surface area contributed by atoms with Crippen molar-refractivity contribution >= 4 is 11.0 Å². The molecule has 0 amide bonds. The highest BCUT2D eigenvalue weighted by Crippen LogP contribution is 2.40. The molecule has 270 valence electrons. The Labute approximate surface area is 333 Å². The number of hydrogen-bond donors (Lipinski definition) is 1. The van der Waals surface area contributed by atoms with Crippen LogP contribution in [0.15, 0.2) is 182 Å². The molecule has 56 heavy (non-hydrogen) atoms. The third-order valence-corrected chi connectivity index (χ3v) is 10.3. The number of hydrogen-bond acceptors (Lipinski definition) is 3. The fourth-order valence-corrected chi connectivity index (χ4v) is 7.47. The molecule has 0 aliphatic carbocycles. The van der Waals surface area contributed by atoms with Crippen LogP contribution in [0.5, 0.6) is 5.75 Å². The largest absolute Gasteiger partial charge is 0.507 e. The van der Waals surface area contributed by atoms with Crippen LogP contribution >= 0.6 is 0 Å². The second-order valence-electron chi connectivity index (χ2n) is 14.3. The van der Waals surface area contributed by atoms with Gasteiger partial charge in [-0.05, 0) is 123 Å². The van der Waals surface area contributed by atoms with Gasteiger partial charge in [0.05, 0.1) is 22.3 Å². The Balaban J connectivity index is 1.27. The molecule has 4 heteroatoms. The first-order chi connectivity index (χ1) is 28.9. The van der Waals surface area contributed by atoms with Gasteiger partial charge in [0.2, 0.25) is 0 Å². The van der Waals surface area contributed by atoms with Crippen molar-refractivity contribution in [1.82, 2.24) is 14.5 Å². The Morgan fingerprint density at radius 1 is 0.554 bits per heavy atom. The van der Waals surface area contributed by atoms with Crippen LogP contribution in [0.2, 0.25) is 0 Å². The molecule has 2 heterocycles. The lowest BCUT2D eigenvalue weighted by Crippen LogP contribution is -1.99. The van der Waals surface area contributed by atoms with Gasteiger partial charge in [-0.1, -0.05) is 129 Å². The van der Waals surface area contributed by atoms with E-state index >= 15 is 0 Å². The van der Waals surface area contributed by atoms with E-state index in [1.165, 1.54) is 0 Å². The Bertz CT molecular complexity index is 3000. The minimum atomic E-state index is -2.38. The van der Waals surface area contributed by atoms with E-state index in [9.17, 15) is 5.11 Å². The van der Waals surface area contributed by atoms with Crippen molar-refractivity contribution in [2.45, 2.75) is 26.6 Å². The molecule has 0 unspecified atom stereocenters.